The maximum atomic E-state index is 6.04. The second-order valence-corrected chi connectivity index (χ2v) is 6.63. The van der Waals surface area contributed by atoms with E-state index in [1.807, 2.05) is 12.1 Å². The van der Waals surface area contributed by atoms with Crippen LogP contribution in [0.5, 0.6) is 0 Å². The molecule has 0 aromatic heterocycles. The first-order valence-electron chi connectivity index (χ1n) is 8.74. The molecular weight excluding hydrogens is 274 g/mol. The van der Waals surface area contributed by atoms with Crippen LogP contribution in [0, 0.1) is 5.92 Å². The average Bonchev–Trinajstić information content (AvgIpc) is 2.57. The van der Waals surface area contributed by atoms with Gasteiger partial charge < -0.3 is 20.7 Å². The number of nitrogens with one attached hydrogen (secondary N) is 1. The highest BCUT2D eigenvalue weighted by Crippen LogP contribution is 2.26. The lowest BCUT2D eigenvalue weighted by Crippen LogP contribution is -2.35. The lowest BCUT2D eigenvalue weighted by Gasteiger charge is -2.34. The van der Waals surface area contributed by atoms with Gasteiger partial charge in [0, 0.05) is 31.1 Å². The molecule has 1 aromatic rings. The van der Waals surface area contributed by atoms with Crippen LogP contribution in [0.4, 0.5) is 11.4 Å². The van der Waals surface area contributed by atoms with E-state index in [0.717, 1.165) is 44.4 Å². The number of nitrogens with zero attached hydrogens (tertiary/aromatic N) is 1. The average molecular weight is 303 g/mol. The summed E-state index contributed by atoms with van der Waals surface area (Å²) in [7, 11) is 0. The predicted molar refractivity (Wildman–Crippen MR) is 92.3 cm³/mol. The highest BCUT2D eigenvalue weighted by Gasteiger charge is 2.20. The van der Waals surface area contributed by atoms with E-state index in [4.69, 9.17) is 10.5 Å². The van der Waals surface area contributed by atoms with Crippen LogP contribution in [-0.4, -0.2) is 38.9 Å². The fourth-order valence-electron chi connectivity index (χ4n) is 3.53. The minimum absolute atomic E-state index is 0.496. The largest absolute Gasteiger partial charge is 0.399 e. The van der Waals surface area contributed by atoms with E-state index in [0.29, 0.717) is 6.10 Å². The first kappa shape index (κ1) is 15.6. The number of hydrogen-bond donors (Lipinski definition) is 2. The van der Waals surface area contributed by atoms with Gasteiger partial charge in [0.25, 0.3) is 0 Å². The molecule has 2 fully saturated rings. The van der Waals surface area contributed by atoms with E-state index < -0.39 is 0 Å². The Morgan fingerprint density at radius 1 is 1.05 bits per heavy atom. The zero-order valence-corrected chi connectivity index (χ0v) is 13.5. The summed E-state index contributed by atoms with van der Waals surface area (Å²) in [4.78, 5) is 2.48. The van der Waals surface area contributed by atoms with E-state index >= 15 is 0 Å². The van der Waals surface area contributed by atoms with Gasteiger partial charge in [-0.1, -0.05) is 0 Å². The SMILES string of the molecule is Nc1ccc(N2CCC(CCOC3CCNCC3)CC2)cc1. The highest BCUT2D eigenvalue weighted by molar-refractivity contribution is 5.53. The maximum absolute atomic E-state index is 6.04. The van der Waals surface area contributed by atoms with Crippen molar-refractivity contribution < 1.29 is 4.74 Å². The lowest BCUT2D eigenvalue weighted by atomic mass is 9.93. The standard InChI is InChI=1S/C18H29N3O/c19-16-1-3-17(4-2-16)21-12-7-15(8-13-21)9-14-22-18-5-10-20-11-6-18/h1-4,15,18,20H,5-14,19H2. The van der Waals surface area contributed by atoms with Gasteiger partial charge in [-0.3, -0.25) is 0 Å². The Kier molecular flexibility index (Phi) is 5.57. The Hall–Kier alpha value is -1.26. The molecule has 0 saturated carbocycles. The molecule has 2 heterocycles. The van der Waals surface area contributed by atoms with Crippen molar-refractivity contribution in [2.75, 3.05) is 43.4 Å². The molecule has 0 radical (unpaired) electrons. The number of nitrogen functional groups attached to an aromatic ring is 1. The molecular formula is C18H29N3O. The second-order valence-electron chi connectivity index (χ2n) is 6.63. The Labute approximate surface area is 134 Å². The molecule has 122 valence electrons. The van der Waals surface area contributed by atoms with Crippen LogP contribution < -0.4 is 16.0 Å². The molecule has 4 heteroatoms. The molecule has 3 N–H and O–H groups in total. The topological polar surface area (TPSA) is 50.5 Å². The third-order valence-electron chi connectivity index (χ3n) is 5.04. The van der Waals surface area contributed by atoms with Crippen molar-refractivity contribution in [3.63, 3.8) is 0 Å². The molecule has 2 aliphatic heterocycles. The highest BCUT2D eigenvalue weighted by atomic mass is 16.5. The summed E-state index contributed by atoms with van der Waals surface area (Å²) in [6.07, 6.45) is 6.63. The molecule has 0 spiro atoms. The fourth-order valence-corrected chi connectivity index (χ4v) is 3.53. The van der Waals surface area contributed by atoms with E-state index in [9.17, 15) is 0 Å². The Bertz CT molecular complexity index is 434. The van der Waals surface area contributed by atoms with Gasteiger partial charge in [-0.25, -0.2) is 0 Å². The zero-order valence-electron chi connectivity index (χ0n) is 13.5. The Morgan fingerprint density at radius 2 is 1.73 bits per heavy atom. The summed E-state index contributed by atoms with van der Waals surface area (Å²) < 4.78 is 6.04. The minimum Gasteiger partial charge on any atom is -0.399 e. The number of ether oxygens (including phenoxy) is 1. The van der Waals surface area contributed by atoms with Gasteiger partial charge in [0.15, 0.2) is 0 Å². The molecule has 0 aliphatic carbocycles. The summed E-state index contributed by atoms with van der Waals surface area (Å²) in [5, 5.41) is 3.39. The van der Waals surface area contributed by atoms with Crippen molar-refractivity contribution in [2.24, 2.45) is 5.92 Å². The quantitative estimate of drug-likeness (QED) is 0.821. The van der Waals surface area contributed by atoms with Crippen LogP contribution in [0.2, 0.25) is 0 Å². The number of piperidine rings is 2. The third-order valence-corrected chi connectivity index (χ3v) is 5.04. The van der Waals surface area contributed by atoms with E-state index in [1.54, 1.807) is 0 Å². The maximum Gasteiger partial charge on any atom is 0.0599 e. The summed E-state index contributed by atoms with van der Waals surface area (Å²) >= 11 is 0. The molecule has 2 saturated heterocycles. The van der Waals surface area contributed by atoms with E-state index in [2.05, 4.69) is 22.3 Å². The number of hydrogen-bond acceptors (Lipinski definition) is 4. The molecule has 22 heavy (non-hydrogen) atoms. The van der Waals surface area contributed by atoms with Crippen LogP contribution in [0.25, 0.3) is 0 Å². The lowest BCUT2D eigenvalue weighted by molar-refractivity contribution is 0.0241. The molecule has 1 aromatic carbocycles. The van der Waals surface area contributed by atoms with Crippen LogP contribution in [0.15, 0.2) is 24.3 Å². The van der Waals surface area contributed by atoms with Gasteiger partial charge >= 0.3 is 0 Å². The predicted octanol–water partition coefficient (Wildman–Crippen LogP) is 2.64. The second kappa shape index (κ2) is 7.84. The molecule has 0 unspecified atom stereocenters. The van der Waals surface area contributed by atoms with Gasteiger partial charge in [0.1, 0.15) is 0 Å². The van der Waals surface area contributed by atoms with Crippen molar-refractivity contribution in [3.8, 4) is 0 Å². The summed E-state index contributed by atoms with van der Waals surface area (Å²) in [6.45, 7) is 5.48. The zero-order chi connectivity index (χ0) is 15.2. The van der Waals surface area contributed by atoms with Crippen LogP contribution >= 0.6 is 0 Å². The van der Waals surface area contributed by atoms with Gasteiger partial charge in [0.05, 0.1) is 6.10 Å². The van der Waals surface area contributed by atoms with Crippen molar-refractivity contribution >= 4 is 11.4 Å². The fraction of sp³-hybridized carbons (Fsp3) is 0.667. The number of anilines is 2. The molecule has 0 amide bonds. The molecule has 0 bridgehead atoms. The van der Waals surface area contributed by atoms with Gasteiger partial charge in [-0.05, 0) is 75.4 Å². The van der Waals surface area contributed by atoms with Gasteiger partial charge in [-0.2, -0.15) is 0 Å². The molecule has 2 aliphatic rings. The minimum atomic E-state index is 0.496. The molecule has 3 rings (SSSR count). The van der Waals surface area contributed by atoms with Crippen LogP contribution in [0.3, 0.4) is 0 Å². The molecule has 0 atom stereocenters. The first-order chi connectivity index (χ1) is 10.8. The normalized spacial score (nSPS) is 21.2. The first-order valence-corrected chi connectivity index (χ1v) is 8.74. The van der Waals surface area contributed by atoms with Gasteiger partial charge in [0.2, 0.25) is 0 Å². The summed E-state index contributed by atoms with van der Waals surface area (Å²) in [5.41, 5.74) is 7.90. The molecule has 4 nitrogen and oxygen atoms in total. The number of rotatable bonds is 5. The van der Waals surface area contributed by atoms with Crippen molar-refractivity contribution in [1.82, 2.24) is 5.32 Å². The third kappa shape index (κ3) is 4.37. The Balaban J connectivity index is 1.35. The van der Waals surface area contributed by atoms with Crippen molar-refractivity contribution in [3.05, 3.63) is 24.3 Å². The summed E-state index contributed by atoms with van der Waals surface area (Å²) in [6, 6.07) is 8.26. The van der Waals surface area contributed by atoms with E-state index in [1.165, 1.54) is 37.8 Å². The monoisotopic (exact) mass is 303 g/mol. The van der Waals surface area contributed by atoms with Crippen LogP contribution in [-0.2, 0) is 4.74 Å². The van der Waals surface area contributed by atoms with Gasteiger partial charge in [-0.15, -0.1) is 0 Å². The Morgan fingerprint density at radius 3 is 2.41 bits per heavy atom. The number of nitrogens with two attached hydrogens (primary N) is 1. The van der Waals surface area contributed by atoms with Crippen molar-refractivity contribution in [2.45, 2.75) is 38.2 Å². The smallest absolute Gasteiger partial charge is 0.0599 e. The summed E-state index contributed by atoms with van der Waals surface area (Å²) in [5.74, 6) is 0.826. The van der Waals surface area contributed by atoms with Crippen molar-refractivity contribution in [1.29, 1.82) is 0 Å². The number of benzene rings is 1. The van der Waals surface area contributed by atoms with Crippen LogP contribution in [0.1, 0.15) is 32.1 Å². The van der Waals surface area contributed by atoms with E-state index in [-0.39, 0.29) is 0 Å².